The summed E-state index contributed by atoms with van der Waals surface area (Å²) >= 11 is 1.49. The van der Waals surface area contributed by atoms with Crippen LogP contribution in [0.1, 0.15) is 43.1 Å². The zero-order valence-electron chi connectivity index (χ0n) is 11.8. The molecule has 0 amide bonds. The minimum absolute atomic E-state index is 0.331. The van der Waals surface area contributed by atoms with Gasteiger partial charge in [0.15, 0.2) is 10.8 Å². The summed E-state index contributed by atoms with van der Waals surface area (Å²) in [6.07, 6.45) is 5.00. The Hall–Kier alpha value is -1.14. The highest BCUT2D eigenvalue weighted by Crippen LogP contribution is 2.29. The first-order chi connectivity index (χ1) is 9.76. The van der Waals surface area contributed by atoms with E-state index in [1.165, 1.54) is 43.7 Å². The number of carbonyl (C=O) groups excluding carboxylic acids is 1. The quantitative estimate of drug-likeness (QED) is 0.864. The number of thiazole rings is 1. The Kier molecular flexibility index (Phi) is 4.21. The molecule has 2 aliphatic rings. The van der Waals surface area contributed by atoms with Crippen LogP contribution in [-0.2, 0) is 4.74 Å². The monoisotopic (exact) mass is 295 g/mol. The fraction of sp³-hybridized carbons (Fsp3) is 0.714. The summed E-state index contributed by atoms with van der Waals surface area (Å²) in [4.78, 5) is 18.5. The van der Waals surface area contributed by atoms with Gasteiger partial charge in [0, 0.05) is 24.0 Å². The maximum atomic E-state index is 11.6. The molecule has 5 nitrogen and oxygen atoms in total. The van der Waals surface area contributed by atoms with Crippen molar-refractivity contribution in [1.29, 1.82) is 0 Å². The summed E-state index contributed by atoms with van der Waals surface area (Å²) < 4.78 is 4.96. The summed E-state index contributed by atoms with van der Waals surface area (Å²) in [5.74, 6) is -0.331. The van der Waals surface area contributed by atoms with Crippen molar-refractivity contribution in [3.63, 3.8) is 0 Å². The van der Waals surface area contributed by atoms with Crippen LogP contribution in [0.3, 0.4) is 0 Å². The van der Waals surface area contributed by atoms with E-state index in [-0.39, 0.29) is 5.97 Å². The van der Waals surface area contributed by atoms with E-state index in [0.717, 1.165) is 17.6 Å². The van der Waals surface area contributed by atoms with E-state index in [2.05, 4.69) is 15.2 Å². The molecule has 1 aromatic heterocycles. The number of piperidine rings is 1. The Morgan fingerprint density at radius 3 is 3.30 bits per heavy atom. The SMILES string of the molecule is CCOC(=O)c1csc(NC2CCN3CCCC3C2)n1. The molecule has 2 atom stereocenters. The summed E-state index contributed by atoms with van der Waals surface area (Å²) in [5, 5.41) is 6.09. The molecule has 0 radical (unpaired) electrons. The van der Waals surface area contributed by atoms with Crippen molar-refractivity contribution in [2.75, 3.05) is 25.0 Å². The van der Waals surface area contributed by atoms with Crippen LogP contribution < -0.4 is 5.32 Å². The second kappa shape index (κ2) is 6.10. The molecule has 1 N–H and O–H groups in total. The van der Waals surface area contributed by atoms with Gasteiger partial charge in [-0.3, -0.25) is 0 Å². The topological polar surface area (TPSA) is 54.5 Å². The highest BCUT2D eigenvalue weighted by Gasteiger charge is 2.31. The molecule has 0 bridgehead atoms. The van der Waals surface area contributed by atoms with Gasteiger partial charge < -0.3 is 15.0 Å². The van der Waals surface area contributed by atoms with Gasteiger partial charge in [-0.05, 0) is 39.2 Å². The maximum absolute atomic E-state index is 11.6. The predicted octanol–water partition coefficient (Wildman–Crippen LogP) is 2.36. The van der Waals surface area contributed by atoms with Crippen molar-refractivity contribution < 1.29 is 9.53 Å². The molecule has 0 aromatic carbocycles. The lowest BCUT2D eigenvalue weighted by molar-refractivity contribution is 0.0520. The number of hydrogen-bond acceptors (Lipinski definition) is 6. The van der Waals surface area contributed by atoms with E-state index in [1.807, 2.05) is 0 Å². The van der Waals surface area contributed by atoms with Crippen molar-refractivity contribution in [3.05, 3.63) is 11.1 Å². The summed E-state index contributed by atoms with van der Waals surface area (Å²) in [7, 11) is 0. The van der Waals surface area contributed by atoms with Crippen LogP contribution in [0.25, 0.3) is 0 Å². The van der Waals surface area contributed by atoms with Crippen LogP contribution in [0.5, 0.6) is 0 Å². The van der Waals surface area contributed by atoms with Crippen LogP contribution in [0.4, 0.5) is 5.13 Å². The second-order valence-corrected chi connectivity index (χ2v) is 6.31. The van der Waals surface area contributed by atoms with Crippen LogP contribution in [-0.4, -0.2) is 47.6 Å². The summed E-state index contributed by atoms with van der Waals surface area (Å²) in [6.45, 7) is 4.64. The van der Waals surface area contributed by atoms with Gasteiger partial charge in [-0.15, -0.1) is 11.3 Å². The van der Waals surface area contributed by atoms with Gasteiger partial charge in [0.05, 0.1) is 6.61 Å². The van der Waals surface area contributed by atoms with E-state index in [0.29, 0.717) is 18.3 Å². The van der Waals surface area contributed by atoms with Crippen LogP contribution >= 0.6 is 11.3 Å². The third-order valence-corrected chi connectivity index (χ3v) is 4.91. The number of rotatable bonds is 4. The number of nitrogens with zero attached hydrogens (tertiary/aromatic N) is 2. The van der Waals surface area contributed by atoms with E-state index in [1.54, 1.807) is 12.3 Å². The molecule has 110 valence electrons. The molecule has 3 heterocycles. The Morgan fingerprint density at radius 1 is 1.55 bits per heavy atom. The molecular formula is C14H21N3O2S. The molecular weight excluding hydrogens is 274 g/mol. The number of fused-ring (bicyclic) bond motifs is 1. The summed E-state index contributed by atoms with van der Waals surface area (Å²) in [5.41, 5.74) is 0.414. The van der Waals surface area contributed by atoms with Gasteiger partial charge in [-0.2, -0.15) is 0 Å². The van der Waals surface area contributed by atoms with Gasteiger partial charge in [-0.1, -0.05) is 0 Å². The first kappa shape index (κ1) is 13.8. The second-order valence-electron chi connectivity index (χ2n) is 5.46. The fourth-order valence-corrected chi connectivity index (χ4v) is 3.93. The molecule has 1 aromatic rings. The number of esters is 1. The largest absolute Gasteiger partial charge is 0.461 e. The lowest BCUT2D eigenvalue weighted by Crippen LogP contribution is -2.42. The number of anilines is 1. The third-order valence-electron chi connectivity index (χ3n) is 4.14. The molecule has 2 saturated heterocycles. The van der Waals surface area contributed by atoms with Gasteiger partial charge in [0.1, 0.15) is 0 Å². The van der Waals surface area contributed by atoms with Crippen molar-refractivity contribution in [3.8, 4) is 0 Å². The highest BCUT2D eigenvalue weighted by atomic mass is 32.1. The highest BCUT2D eigenvalue weighted by molar-refractivity contribution is 7.13. The smallest absolute Gasteiger partial charge is 0.357 e. The lowest BCUT2D eigenvalue weighted by atomic mass is 9.98. The van der Waals surface area contributed by atoms with Crippen molar-refractivity contribution in [1.82, 2.24) is 9.88 Å². The molecule has 2 aliphatic heterocycles. The zero-order valence-corrected chi connectivity index (χ0v) is 12.6. The van der Waals surface area contributed by atoms with Crippen molar-refractivity contribution in [2.45, 2.75) is 44.7 Å². The molecule has 0 saturated carbocycles. The molecule has 20 heavy (non-hydrogen) atoms. The van der Waals surface area contributed by atoms with Crippen LogP contribution in [0.2, 0.25) is 0 Å². The van der Waals surface area contributed by atoms with Crippen molar-refractivity contribution >= 4 is 22.4 Å². The van der Waals surface area contributed by atoms with Crippen molar-refractivity contribution in [2.24, 2.45) is 0 Å². The molecule has 3 rings (SSSR count). The van der Waals surface area contributed by atoms with Gasteiger partial charge in [0.25, 0.3) is 0 Å². The minimum Gasteiger partial charge on any atom is -0.461 e. The lowest BCUT2D eigenvalue weighted by Gasteiger charge is -2.35. The molecule has 2 unspecified atom stereocenters. The first-order valence-electron chi connectivity index (χ1n) is 7.39. The Labute approximate surface area is 123 Å². The van der Waals surface area contributed by atoms with E-state index in [4.69, 9.17) is 4.74 Å². The third kappa shape index (κ3) is 2.96. The number of hydrogen-bond donors (Lipinski definition) is 1. The molecule has 6 heteroatoms. The number of ether oxygens (including phenoxy) is 1. The maximum Gasteiger partial charge on any atom is 0.357 e. The average molecular weight is 295 g/mol. The predicted molar refractivity (Wildman–Crippen MR) is 79.3 cm³/mol. The van der Waals surface area contributed by atoms with Gasteiger partial charge in [-0.25, -0.2) is 9.78 Å². The number of carbonyl (C=O) groups is 1. The molecule has 2 fully saturated rings. The zero-order chi connectivity index (χ0) is 13.9. The first-order valence-corrected chi connectivity index (χ1v) is 8.27. The van der Waals surface area contributed by atoms with Crippen LogP contribution in [0.15, 0.2) is 5.38 Å². The molecule has 0 aliphatic carbocycles. The number of aromatic nitrogens is 1. The van der Waals surface area contributed by atoms with E-state index >= 15 is 0 Å². The number of nitrogens with one attached hydrogen (secondary N) is 1. The van der Waals surface area contributed by atoms with Crippen LogP contribution in [0, 0.1) is 0 Å². The fourth-order valence-electron chi connectivity index (χ4n) is 3.17. The minimum atomic E-state index is -0.331. The Balaban J connectivity index is 1.56. The average Bonchev–Trinajstić information content (AvgIpc) is 3.07. The van der Waals surface area contributed by atoms with Gasteiger partial charge >= 0.3 is 5.97 Å². The normalized spacial score (nSPS) is 26.2. The summed E-state index contributed by atoms with van der Waals surface area (Å²) in [6, 6.07) is 1.22. The van der Waals surface area contributed by atoms with E-state index < -0.39 is 0 Å². The standard InChI is InChI=1S/C14H21N3O2S/c1-2-19-13(18)12-9-20-14(16-12)15-10-5-7-17-6-3-4-11(17)8-10/h9-11H,2-8H2,1H3,(H,15,16). The van der Waals surface area contributed by atoms with E-state index in [9.17, 15) is 4.79 Å². The molecule has 0 spiro atoms. The Morgan fingerprint density at radius 2 is 2.45 bits per heavy atom. The Bertz CT molecular complexity index is 477. The van der Waals surface area contributed by atoms with Gasteiger partial charge in [0.2, 0.25) is 0 Å².